The van der Waals surface area contributed by atoms with Crippen LogP contribution in [-0.4, -0.2) is 89.9 Å². The zero-order valence-corrected chi connectivity index (χ0v) is 24.8. The third kappa shape index (κ3) is 6.77. The molecule has 246 valence electrons. The summed E-state index contributed by atoms with van der Waals surface area (Å²) in [5.74, 6) is -2.20. The van der Waals surface area contributed by atoms with Crippen molar-refractivity contribution in [3.8, 4) is 0 Å². The monoisotopic (exact) mass is 653 g/mol. The third-order valence-corrected chi connectivity index (χ3v) is 8.45. The van der Waals surface area contributed by atoms with Gasteiger partial charge in [0.1, 0.15) is 12.2 Å². The van der Waals surface area contributed by atoms with E-state index in [0.717, 1.165) is 23.8 Å². The maximum absolute atomic E-state index is 13.7. The van der Waals surface area contributed by atoms with Gasteiger partial charge in [0.05, 0.1) is 6.61 Å². The molecule has 3 N–H and O–H groups in total. The summed E-state index contributed by atoms with van der Waals surface area (Å²) in [7, 11) is -6.25. The first kappa shape index (κ1) is 32.7. The molecule has 5 rings (SSSR count). The van der Waals surface area contributed by atoms with E-state index >= 15 is 0 Å². The smallest absolute Gasteiger partial charge is 0.369 e. The highest BCUT2D eigenvalue weighted by Gasteiger charge is 2.57. The van der Waals surface area contributed by atoms with Gasteiger partial charge in [-0.05, 0) is 38.5 Å². The van der Waals surface area contributed by atoms with E-state index in [1.807, 2.05) is 0 Å². The summed E-state index contributed by atoms with van der Waals surface area (Å²) in [5, 5.41) is 0. The Labute approximate surface area is 249 Å². The highest BCUT2D eigenvalue weighted by atomic mass is 32.2. The molecule has 3 unspecified atom stereocenters. The van der Waals surface area contributed by atoms with E-state index in [0.29, 0.717) is 32.5 Å². The lowest BCUT2D eigenvalue weighted by Gasteiger charge is -2.31. The van der Waals surface area contributed by atoms with Crippen LogP contribution in [0.5, 0.6) is 0 Å². The van der Waals surface area contributed by atoms with Gasteiger partial charge in [0.25, 0.3) is 5.56 Å². The number of aromatic amines is 1. The number of nitrogens with one attached hydrogen (secondary N) is 1. The summed E-state index contributed by atoms with van der Waals surface area (Å²) in [6.07, 6.45) is -4.35. The third-order valence-electron chi connectivity index (χ3n) is 7.41. The largest absolute Gasteiger partial charge is 0.523 e. The summed E-state index contributed by atoms with van der Waals surface area (Å²) in [6.45, 7) is 3.48. The average Bonchev–Trinajstić information content (AvgIpc) is 3.49. The maximum atomic E-state index is 13.7. The molecule has 15 nitrogen and oxygen atoms in total. The Hall–Kier alpha value is -2.68. The van der Waals surface area contributed by atoms with Gasteiger partial charge in [-0.2, -0.15) is 26.6 Å². The molecule has 0 saturated carbocycles. The second-order valence-corrected chi connectivity index (χ2v) is 12.6. The molecule has 2 aromatic rings. The van der Waals surface area contributed by atoms with Crippen molar-refractivity contribution in [3.63, 3.8) is 0 Å². The van der Waals surface area contributed by atoms with E-state index in [9.17, 15) is 31.2 Å². The zero-order valence-electron chi connectivity index (χ0n) is 23.9. The van der Waals surface area contributed by atoms with E-state index < -0.39 is 81.8 Å². The summed E-state index contributed by atoms with van der Waals surface area (Å²) >= 11 is 0. The molecule has 0 amide bonds. The minimum absolute atomic E-state index is 0.302. The summed E-state index contributed by atoms with van der Waals surface area (Å²) in [4.78, 5) is 36.4. The Bertz CT molecular complexity index is 1500. The Kier molecular flexibility index (Phi) is 9.64. The van der Waals surface area contributed by atoms with Crippen molar-refractivity contribution in [1.29, 1.82) is 0 Å². The SMILES string of the molecule is CC(C)C(=O)c1nc2c(=O)[nH]c(N)nc2n1C1O[C@H](COC2CCCCO2)[C@@H](OC2CCCCO2)[C@@H]1OS(=O)(=O)C(F)(F)F. The fraction of sp³-hybridized carbons (Fsp3) is 0.760. The quantitative estimate of drug-likeness (QED) is 0.215. The predicted octanol–water partition coefficient (Wildman–Crippen LogP) is 2.13. The molecule has 0 radical (unpaired) electrons. The number of H-pyrrole nitrogens is 1. The van der Waals surface area contributed by atoms with E-state index in [4.69, 9.17) is 33.6 Å². The average molecular weight is 654 g/mol. The van der Waals surface area contributed by atoms with Crippen LogP contribution in [0.2, 0.25) is 0 Å². The Morgan fingerprint density at radius 3 is 2.34 bits per heavy atom. The highest BCUT2D eigenvalue weighted by molar-refractivity contribution is 7.87. The summed E-state index contributed by atoms with van der Waals surface area (Å²) < 4.78 is 101. The minimum Gasteiger partial charge on any atom is -0.369 e. The van der Waals surface area contributed by atoms with Crippen LogP contribution >= 0.6 is 0 Å². The van der Waals surface area contributed by atoms with Crippen molar-refractivity contribution >= 4 is 33.0 Å². The van der Waals surface area contributed by atoms with E-state index in [1.54, 1.807) is 0 Å². The van der Waals surface area contributed by atoms with Gasteiger partial charge in [0.15, 0.2) is 41.9 Å². The second kappa shape index (κ2) is 13.0. The van der Waals surface area contributed by atoms with E-state index in [1.165, 1.54) is 13.8 Å². The van der Waals surface area contributed by atoms with Crippen molar-refractivity contribution < 1.29 is 54.3 Å². The lowest BCUT2D eigenvalue weighted by Crippen LogP contribution is -2.45. The van der Waals surface area contributed by atoms with Gasteiger partial charge in [-0.3, -0.25) is 23.3 Å². The van der Waals surface area contributed by atoms with Gasteiger partial charge < -0.3 is 29.4 Å². The Morgan fingerprint density at radius 1 is 1.09 bits per heavy atom. The van der Waals surface area contributed by atoms with Gasteiger partial charge in [-0.1, -0.05) is 13.8 Å². The Balaban J connectivity index is 1.63. The van der Waals surface area contributed by atoms with Crippen LogP contribution in [0.15, 0.2) is 4.79 Å². The maximum Gasteiger partial charge on any atom is 0.523 e. The number of ketones is 1. The molecule has 5 heterocycles. The summed E-state index contributed by atoms with van der Waals surface area (Å²) in [5.41, 5.74) is -1.64. The lowest BCUT2D eigenvalue weighted by molar-refractivity contribution is -0.222. The normalized spacial score (nSPS) is 28.6. The topological polar surface area (TPSA) is 196 Å². The van der Waals surface area contributed by atoms with Crippen LogP contribution in [0.4, 0.5) is 19.1 Å². The molecule has 6 atom stereocenters. The van der Waals surface area contributed by atoms with Gasteiger partial charge in [-0.15, -0.1) is 0 Å². The number of nitrogen functional groups attached to an aromatic ring is 1. The molecule has 44 heavy (non-hydrogen) atoms. The second-order valence-electron chi connectivity index (χ2n) is 11.0. The molecule has 3 fully saturated rings. The van der Waals surface area contributed by atoms with Crippen molar-refractivity contribution in [3.05, 3.63) is 16.2 Å². The molecule has 3 aliphatic heterocycles. The van der Waals surface area contributed by atoms with Crippen LogP contribution in [0.25, 0.3) is 11.2 Å². The molecule has 0 aliphatic carbocycles. The van der Waals surface area contributed by atoms with E-state index in [-0.39, 0.29) is 17.8 Å². The van der Waals surface area contributed by atoms with Gasteiger partial charge in [0.2, 0.25) is 11.7 Å². The number of hydrogen-bond donors (Lipinski definition) is 2. The molecule has 0 aromatic carbocycles. The molecular weight excluding hydrogens is 619 g/mol. The molecular formula is C25H34F3N5O10S. The number of anilines is 1. The van der Waals surface area contributed by atoms with Crippen LogP contribution < -0.4 is 11.3 Å². The number of ether oxygens (including phenoxy) is 5. The molecule has 3 aliphatic rings. The fourth-order valence-corrected chi connectivity index (χ4v) is 5.84. The van der Waals surface area contributed by atoms with Gasteiger partial charge in [0, 0.05) is 19.1 Å². The number of carbonyl (C=O) groups is 1. The van der Waals surface area contributed by atoms with Crippen LogP contribution in [-0.2, 0) is 38.0 Å². The summed E-state index contributed by atoms with van der Waals surface area (Å²) in [6, 6.07) is 0. The molecule has 19 heteroatoms. The number of hydrogen-bond acceptors (Lipinski definition) is 13. The number of carbonyl (C=O) groups excluding carboxylic acids is 1. The van der Waals surface area contributed by atoms with Crippen molar-refractivity contribution in [2.45, 2.75) is 95.0 Å². The zero-order chi connectivity index (χ0) is 31.8. The van der Waals surface area contributed by atoms with Crippen molar-refractivity contribution in [2.75, 3.05) is 25.6 Å². The molecule has 2 aromatic heterocycles. The number of imidazole rings is 1. The van der Waals surface area contributed by atoms with E-state index in [2.05, 4.69) is 15.0 Å². The number of fused-ring (bicyclic) bond motifs is 1. The van der Waals surface area contributed by atoms with Crippen molar-refractivity contribution in [2.24, 2.45) is 5.92 Å². The predicted molar refractivity (Wildman–Crippen MR) is 143 cm³/mol. The first-order chi connectivity index (χ1) is 20.8. The highest BCUT2D eigenvalue weighted by Crippen LogP contribution is 2.41. The first-order valence-corrected chi connectivity index (χ1v) is 15.6. The van der Waals surface area contributed by atoms with Gasteiger partial charge in [-0.25, -0.2) is 4.98 Å². The number of alkyl halides is 3. The number of rotatable bonds is 10. The molecule has 3 saturated heterocycles. The Morgan fingerprint density at radius 2 is 1.75 bits per heavy atom. The number of halogens is 3. The van der Waals surface area contributed by atoms with Crippen LogP contribution in [0.1, 0.15) is 69.2 Å². The van der Waals surface area contributed by atoms with Gasteiger partial charge >= 0.3 is 15.6 Å². The number of nitrogens with zero attached hydrogens (tertiary/aromatic N) is 3. The number of nitrogens with two attached hydrogens (primary N) is 1. The van der Waals surface area contributed by atoms with Crippen LogP contribution in [0, 0.1) is 5.92 Å². The van der Waals surface area contributed by atoms with Crippen molar-refractivity contribution in [1.82, 2.24) is 19.5 Å². The lowest BCUT2D eigenvalue weighted by atomic mass is 10.1. The minimum atomic E-state index is -6.25. The number of Topliss-reactive ketones (excluding diaryl/α,β-unsaturated/α-hetero) is 1. The first-order valence-electron chi connectivity index (χ1n) is 14.2. The fourth-order valence-electron chi connectivity index (χ4n) is 5.23. The standard InChI is InChI=1S/C25H34F3N5O10S/c1-12(2)17(34)21-30-16-20(31-24(29)32-22(16)35)33(21)23-19(43-44(36,37)25(26,27)28)18(42-15-8-4-6-10-39-15)13(41-23)11-40-14-7-3-5-9-38-14/h12-15,18-19,23H,3-11H2,1-2H3,(H3,29,31,32,35)/t13-,14?,15?,18-,19+,23?/m1/s1. The van der Waals surface area contributed by atoms with Crippen LogP contribution in [0.3, 0.4) is 0 Å². The number of aromatic nitrogens is 4. The molecule has 0 spiro atoms. The molecule has 0 bridgehead atoms.